The molecule has 84 heavy (non-hydrogen) atoms. The molecule has 4 aromatic rings. The summed E-state index contributed by atoms with van der Waals surface area (Å²) in [6, 6.07) is 13.8. The quantitative estimate of drug-likeness (QED) is 0.0360. The molecule has 0 radical (unpaired) electrons. The summed E-state index contributed by atoms with van der Waals surface area (Å²) in [7, 11) is 1.70. The smallest absolute Gasteiger partial charge is 0.246 e. The molecule has 4 aromatic carbocycles. The number of aliphatic hydroxyl groups excluding tert-OH is 1. The molecule has 0 spiro atoms. The Hall–Kier alpha value is -7.17. The van der Waals surface area contributed by atoms with Crippen LogP contribution in [-0.2, 0) is 68.8 Å². The third-order valence-corrected chi connectivity index (χ3v) is 17.5. The number of primary amides is 1. The van der Waals surface area contributed by atoms with Gasteiger partial charge in [0.05, 0.1) is 30.6 Å². The van der Waals surface area contributed by atoms with E-state index in [0.29, 0.717) is 59.9 Å². The number of hydrogen-bond acceptors (Lipinski definition) is 18. The molecule has 27 heteroatoms. The number of hydrogen-bond donors (Lipinski definition) is 14. The van der Waals surface area contributed by atoms with E-state index < -0.39 is 107 Å². The molecule has 3 saturated heterocycles. The molecule has 17 N–H and O–H groups in total. The Morgan fingerprint density at radius 2 is 1.25 bits per heavy atom. The fourth-order valence-electron chi connectivity index (χ4n) is 9.61. The number of phenolic OH excluding ortho intramolecular Hbond substituents is 2. The number of fused-ring (bicyclic) bond motifs is 2. The number of rotatable bonds is 21. The van der Waals surface area contributed by atoms with Gasteiger partial charge in [-0.2, -0.15) is 0 Å². The molecule has 7 rings (SSSR count). The maximum absolute atomic E-state index is 14.9. The van der Waals surface area contributed by atoms with Crippen LogP contribution in [0.3, 0.4) is 0 Å². The van der Waals surface area contributed by atoms with Gasteiger partial charge < -0.3 is 79.8 Å². The molecule has 24 nitrogen and oxygen atoms in total. The molecule has 8 amide bonds. The predicted octanol–water partition coefficient (Wildman–Crippen LogP) is -0.761. The molecule has 3 aliphatic rings. The average Bonchev–Trinajstić information content (AvgIpc) is 3.65. The minimum Gasteiger partial charge on any atom is -0.508 e. The van der Waals surface area contributed by atoms with Gasteiger partial charge in [-0.05, 0) is 103 Å². The summed E-state index contributed by atoms with van der Waals surface area (Å²) in [5.41, 5.74) is 21.1. The zero-order valence-electron chi connectivity index (χ0n) is 46.0. The Morgan fingerprint density at radius 3 is 1.86 bits per heavy atom. The van der Waals surface area contributed by atoms with E-state index in [9.17, 15) is 53.7 Å². The second kappa shape index (κ2) is 31.6. The molecule has 10 atom stereocenters. The summed E-state index contributed by atoms with van der Waals surface area (Å²) < 4.78 is 5.46. The minimum atomic E-state index is -1.87. The second-order valence-electron chi connectivity index (χ2n) is 20.8. The van der Waals surface area contributed by atoms with Crippen LogP contribution in [0.5, 0.6) is 11.5 Å². The number of amides is 8. The highest BCUT2D eigenvalue weighted by atomic mass is 35.5. The van der Waals surface area contributed by atoms with E-state index in [1.807, 2.05) is 12.1 Å². The van der Waals surface area contributed by atoms with E-state index in [4.69, 9.17) is 33.5 Å². The lowest BCUT2D eigenvalue weighted by molar-refractivity contribution is -0.140. The van der Waals surface area contributed by atoms with Crippen LogP contribution >= 0.6 is 33.2 Å². The average molecular weight is 1220 g/mol. The molecular formula is C57H73ClN12O12S2. The number of phenols is 2. The first-order valence-electron chi connectivity index (χ1n) is 27.6. The molecule has 3 aliphatic heterocycles. The highest BCUT2D eigenvalue weighted by Gasteiger charge is 2.49. The molecular weight excluding hydrogens is 1140 g/mol. The third kappa shape index (κ3) is 19.2. The number of nitrogens with one attached hydrogen (secondary N) is 8. The fourth-order valence-corrected chi connectivity index (χ4v) is 12.7. The van der Waals surface area contributed by atoms with Crippen molar-refractivity contribution in [3.05, 3.63) is 124 Å². The van der Waals surface area contributed by atoms with Gasteiger partial charge in [-0.15, -0.1) is 0 Å². The lowest BCUT2D eigenvalue weighted by Crippen LogP contribution is -2.71. The van der Waals surface area contributed by atoms with Crippen molar-refractivity contribution in [1.82, 2.24) is 42.1 Å². The van der Waals surface area contributed by atoms with Crippen molar-refractivity contribution in [2.75, 3.05) is 57.0 Å². The number of ether oxygens (including phenoxy) is 1. The van der Waals surface area contributed by atoms with Crippen molar-refractivity contribution >= 4 is 86.1 Å². The summed E-state index contributed by atoms with van der Waals surface area (Å²) in [6.07, 6.45) is -1.55. The number of nitrogens with two attached hydrogens (primary N) is 3. The Morgan fingerprint density at radius 1 is 0.702 bits per heavy atom. The van der Waals surface area contributed by atoms with Crippen molar-refractivity contribution in [2.45, 2.75) is 105 Å². The Balaban J connectivity index is 1.23. The van der Waals surface area contributed by atoms with E-state index in [2.05, 4.69) is 47.4 Å². The summed E-state index contributed by atoms with van der Waals surface area (Å²) in [5, 5.41) is 53.4. The summed E-state index contributed by atoms with van der Waals surface area (Å²) in [6.45, 7) is 4.66. The summed E-state index contributed by atoms with van der Waals surface area (Å²) >= 11 is 6.10. The van der Waals surface area contributed by atoms with Gasteiger partial charge in [0.25, 0.3) is 0 Å². The molecule has 452 valence electrons. The topological polar surface area (TPSA) is 384 Å². The van der Waals surface area contributed by atoms with E-state index >= 15 is 0 Å². The second-order valence-corrected chi connectivity index (χ2v) is 23.8. The van der Waals surface area contributed by atoms with Gasteiger partial charge >= 0.3 is 0 Å². The highest BCUT2D eigenvalue weighted by molar-refractivity contribution is 8.77. The number of carbonyl (C=O) groups excluding carboxylic acids is 8. The number of benzene rings is 4. The van der Waals surface area contributed by atoms with Gasteiger partial charge in [-0.1, -0.05) is 81.7 Å². The number of carbonyl (C=O) groups is 8. The van der Waals surface area contributed by atoms with Crippen LogP contribution < -0.4 is 59.7 Å². The number of aromatic hydroxyl groups is 2. The Bertz CT molecular complexity index is 2890. The van der Waals surface area contributed by atoms with Crippen molar-refractivity contribution in [3.63, 3.8) is 0 Å². The number of anilines is 1. The van der Waals surface area contributed by atoms with Gasteiger partial charge in [-0.25, -0.2) is 0 Å². The third-order valence-electron chi connectivity index (χ3n) is 14.4. The van der Waals surface area contributed by atoms with Crippen molar-refractivity contribution < 1.29 is 58.4 Å². The van der Waals surface area contributed by atoms with Gasteiger partial charge in [0.15, 0.2) is 0 Å². The number of piperidine rings is 1. The molecule has 1 unspecified atom stereocenters. The van der Waals surface area contributed by atoms with Crippen LogP contribution in [0.4, 0.5) is 5.69 Å². The fraction of sp³-hybridized carbons (Fsp3) is 0.439. The lowest BCUT2D eigenvalue weighted by atomic mass is 9.94. The van der Waals surface area contributed by atoms with E-state index in [1.165, 1.54) is 36.4 Å². The highest BCUT2D eigenvalue weighted by Crippen LogP contribution is 2.35. The normalized spacial score (nSPS) is 23.6. The van der Waals surface area contributed by atoms with Crippen LogP contribution in [0.1, 0.15) is 41.5 Å². The molecule has 2 bridgehead atoms. The van der Waals surface area contributed by atoms with E-state index in [0.717, 1.165) is 46.9 Å². The van der Waals surface area contributed by atoms with E-state index in [-0.39, 0.29) is 55.9 Å². The number of halogens is 1. The monoisotopic (exact) mass is 1220 g/mol. The standard InChI is InChI=1S/C57H73ClN12O12S2/c58-36-12-4-32(5-13-36)27-40(60)51(75)67-45-31-83-84-49-47(57(81)64-42(50(61)74)28-34-8-16-38(71)17-9-34)69-56(80)46(48(49)73)68-52(76)41(3-1-2-20-59)63-53(77)43(65-54(78)44(66-55(45)79)30-35-10-18-39(72)19-11-35)29-33-6-14-37(15-7-33)62-21-22-70-23-25-82-26-24-70/h4-19,40-49,62,71-73H,1-3,20-31,59-60H2,(H2,61,74)(H,63,77)(H,64,81)(H,65,78)(H,66,79)(H,67,75)(H,68,76)(H,69,80)/t40-,41-,42+,43+,44-,45+,46-,47-,48-,49?/m0/s1. The van der Waals surface area contributed by atoms with Gasteiger partial charge in [0.2, 0.25) is 47.3 Å². The molecule has 0 saturated carbocycles. The first-order valence-corrected chi connectivity index (χ1v) is 30.4. The number of aliphatic hydroxyl groups is 1. The maximum atomic E-state index is 14.9. The summed E-state index contributed by atoms with van der Waals surface area (Å²) in [4.78, 5) is 117. The van der Waals surface area contributed by atoms with Crippen molar-refractivity contribution in [2.24, 2.45) is 17.2 Å². The first-order chi connectivity index (χ1) is 40.3. The van der Waals surface area contributed by atoms with Gasteiger partial charge in [0, 0.05) is 61.9 Å². The van der Waals surface area contributed by atoms with Crippen LogP contribution in [0, 0.1) is 0 Å². The SMILES string of the molecule is NCCCC[C@@H]1NC(=O)[C@@H](Cc2ccc(NCCN3CCOCC3)cc2)NC(=O)[C@H](Cc2ccc(O)cc2)NC(=O)[C@H](NC(=O)[C@@H](N)Cc2ccc(Cl)cc2)CSSC2[C@@H](C(=O)N[C@H](Cc3ccc(O)cc3)C(N)=O)NC(=O)[C@@H](NC1=O)[C@@H]2O. The van der Waals surface area contributed by atoms with Crippen LogP contribution in [-0.4, -0.2) is 179 Å². The molecule has 3 heterocycles. The molecule has 3 fully saturated rings. The Kier molecular flexibility index (Phi) is 24.3. The molecule has 0 aromatic heterocycles. The number of nitrogens with zero attached hydrogens (tertiary/aromatic N) is 1. The number of unbranched alkanes of at least 4 members (excludes halogenated alkanes) is 1. The first kappa shape index (κ1) is 64.4. The zero-order valence-corrected chi connectivity index (χ0v) is 48.4. The van der Waals surface area contributed by atoms with Crippen LogP contribution in [0.2, 0.25) is 5.02 Å². The summed E-state index contributed by atoms with van der Waals surface area (Å²) in [5.74, 6) is -7.57. The predicted molar refractivity (Wildman–Crippen MR) is 318 cm³/mol. The minimum absolute atomic E-state index is 0.00467. The maximum Gasteiger partial charge on any atom is 0.246 e. The van der Waals surface area contributed by atoms with Crippen molar-refractivity contribution in [3.8, 4) is 11.5 Å². The number of morpholine rings is 1. The Labute approximate surface area is 499 Å². The van der Waals surface area contributed by atoms with Gasteiger partial charge in [-0.3, -0.25) is 43.3 Å². The largest absolute Gasteiger partial charge is 0.508 e. The van der Waals surface area contributed by atoms with E-state index in [1.54, 1.807) is 48.5 Å². The van der Waals surface area contributed by atoms with Gasteiger partial charge in [0.1, 0.15) is 53.8 Å². The van der Waals surface area contributed by atoms with Crippen LogP contribution in [0.25, 0.3) is 0 Å². The molecule has 0 aliphatic carbocycles. The zero-order chi connectivity index (χ0) is 60.3. The van der Waals surface area contributed by atoms with Crippen LogP contribution in [0.15, 0.2) is 97.1 Å². The lowest BCUT2D eigenvalue weighted by Gasteiger charge is -2.40. The van der Waals surface area contributed by atoms with Crippen molar-refractivity contribution in [1.29, 1.82) is 0 Å².